The summed E-state index contributed by atoms with van der Waals surface area (Å²) >= 11 is 0. The minimum Gasteiger partial charge on any atom is -0.367 e. The number of sulfonamides is 1. The molecule has 1 amide bonds. The summed E-state index contributed by atoms with van der Waals surface area (Å²) in [6, 6.07) is 10.5. The molecule has 24 heavy (non-hydrogen) atoms. The van der Waals surface area contributed by atoms with E-state index in [1.54, 1.807) is 41.4 Å². The van der Waals surface area contributed by atoms with Crippen molar-refractivity contribution in [1.29, 1.82) is 0 Å². The Balaban J connectivity index is 1.75. The van der Waals surface area contributed by atoms with Gasteiger partial charge in [0.1, 0.15) is 10.6 Å². The number of aromatic amines is 1. The van der Waals surface area contributed by atoms with E-state index in [0.717, 1.165) is 0 Å². The molecule has 1 saturated heterocycles. The molecule has 2 heterocycles. The summed E-state index contributed by atoms with van der Waals surface area (Å²) in [6.45, 7) is 2.27. The van der Waals surface area contributed by atoms with Gasteiger partial charge in [-0.1, -0.05) is 12.1 Å². The van der Waals surface area contributed by atoms with Gasteiger partial charge in [-0.15, -0.1) is 0 Å². The molecule has 0 unspecified atom stereocenters. The second-order valence-electron chi connectivity index (χ2n) is 5.54. The van der Waals surface area contributed by atoms with Gasteiger partial charge in [0.05, 0.1) is 5.69 Å². The van der Waals surface area contributed by atoms with Crippen LogP contribution in [0.15, 0.2) is 47.5 Å². The van der Waals surface area contributed by atoms with Gasteiger partial charge >= 0.3 is 0 Å². The van der Waals surface area contributed by atoms with E-state index in [2.05, 4.69) is 9.71 Å². The highest BCUT2D eigenvalue weighted by Gasteiger charge is 2.26. The highest BCUT2D eigenvalue weighted by molar-refractivity contribution is 7.89. The molecule has 2 N–H and O–H groups in total. The Labute approximate surface area is 141 Å². The van der Waals surface area contributed by atoms with Gasteiger partial charge < -0.3 is 14.8 Å². The maximum atomic E-state index is 12.3. The predicted octanol–water partition coefficient (Wildman–Crippen LogP) is 0.885. The topological polar surface area (TPSA) is 85.5 Å². The molecule has 1 aliphatic heterocycles. The second kappa shape index (κ2) is 6.66. The molecular formula is C16H20N4O3S. The van der Waals surface area contributed by atoms with E-state index in [0.29, 0.717) is 37.6 Å². The maximum absolute atomic E-state index is 12.3. The smallest absolute Gasteiger partial charge is 0.270 e. The summed E-state index contributed by atoms with van der Waals surface area (Å²) < 4.78 is 26.7. The Hall–Kier alpha value is -2.32. The van der Waals surface area contributed by atoms with Crippen LogP contribution in [0.4, 0.5) is 5.69 Å². The number of nitrogens with one attached hydrogen (secondary N) is 2. The van der Waals surface area contributed by atoms with Crippen molar-refractivity contribution < 1.29 is 13.2 Å². The molecule has 0 atom stereocenters. The van der Waals surface area contributed by atoms with E-state index >= 15 is 0 Å². The lowest BCUT2D eigenvalue weighted by atomic mass is 10.2. The number of amides is 1. The number of aromatic nitrogens is 1. The van der Waals surface area contributed by atoms with Gasteiger partial charge in [0.2, 0.25) is 10.0 Å². The third kappa shape index (κ3) is 3.15. The quantitative estimate of drug-likeness (QED) is 0.859. The van der Waals surface area contributed by atoms with Crippen LogP contribution in [0, 0.1) is 0 Å². The minimum atomic E-state index is -3.52. The van der Waals surface area contributed by atoms with Gasteiger partial charge in [0, 0.05) is 32.4 Å². The summed E-state index contributed by atoms with van der Waals surface area (Å²) in [4.78, 5) is 19.3. The van der Waals surface area contributed by atoms with Crippen molar-refractivity contribution in [3.63, 3.8) is 0 Å². The Morgan fingerprint density at radius 3 is 2.42 bits per heavy atom. The number of nitrogens with zero attached hydrogens (tertiary/aromatic N) is 2. The van der Waals surface area contributed by atoms with Gasteiger partial charge in [-0.3, -0.25) is 4.79 Å². The number of carbonyl (C=O) groups is 1. The second-order valence-corrected chi connectivity index (χ2v) is 7.39. The molecule has 1 aromatic carbocycles. The number of piperazine rings is 1. The number of anilines is 1. The molecule has 2 aromatic rings. The zero-order valence-corrected chi connectivity index (χ0v) is 14.2. The molecule has 7 nitrogen and oxygen atoms in total. The summed E-state index contributed by atoms with van der Waals surface area (Å²) in [5.41, 5.74) is 1.24. The van der Waals surface area contributed by atoms with E-state index in [4.69, 9.17) is 0 Å². The van der Waals surface area contributed by atoms with Crippen LogP contribution in [0.3, 0.4) is 0 Å². The number of hydrogen-bond donors (Lipinski definition) is 2. The van der Waals surface area contributed by atoms with Gasteiger partial charge in [-0.2, -0.15) is 0 Å². The number of rotatable bonds is 4. The average molecular weight is 348 g/mol. The lowest BCUT2D eigenvalue weighted by Crippen LogP contribution is -2.49. The molecule has 3 rings (SSSR count). The van der Waals surface area contributed by atoms with E-state index in [1.807, 2.05) is 11.0 Å². The lowest BCUT2D eigenvalue weighted by Gasteiger charge is -2.36. The van der Waals surface area contributed by atoms with Crippen LogP contribution in [0.1, 0.15) is 10.5 Å². The zero-order chi connectivity index (χ0) is 17.2. The van der Waals surface area contributed by atoms with Crippen molar-refractivity contribution in [2.24, 2.45) is 0 Å². The van der Waals surface area contributed by atoms with Crippen molar-refractivity contribution in [2.45, 2.75) is 4.90 Å². The van der Waals surface area contributed by atoms with Crippen LogP contribution in [-0.2, 0) is 10.0 Å². The Bertz CT molecular complexity index is 810. The number of benzene rings is 1. The Kier molecular flexibility index (Phi) is 4.59. The maximum Gasteiger partial charge on any atom is 0.270 e. The summed E-state index contributed by atoms with van der Waals surface area (Å²) in [5.74, 6) is -0.0317. The van der Waals surface area contributed by atoms with Crippen molar-refractivity contribution in [3.8, 4) is 0 Å². The van der Waals surface area contributed by atoms with Crippen molar-refractivity contribution in [3.05, 3.63) is 48.3 Å². The van der Waals surface area contributed by atoms with E-state index in [-0.39, 0.29) is 10.8 Å². The number of para-hydroxylation sites is 1. The molecule has 0 radical (unpaired) electrons. The first-order valence-corrected chi connectivity index (χ1v) is 9.21. The summed E-state index contributed by atoms with van der Waals surface area (Å²) in [7, 11) is -2.12. The minimum absolute atomic E-state index is 0.0317. The highest BCUT2D eigenvalue weighted by atomic mass is 32.2. The van der Waals surface area contributed by atoms with E-state index in [1.165, 1.54) is 7.05 Å². The van der Waals surface area contributed by atoms with Crippen LogP contribution < -0.4 is 9.62 Å². The van der Waals surface area contributed by atoms with Crippen molar-refractivity contribution >= 4 is 21.6 Å². The molecule has 128 valence electrons. The highest BCUT2D eigenvalue weighted by Crippen LogP contribution is 2.26. The predicted molar refractivity (Wildman–Crippen MR) is 91.6 cm³/mol. The fourth-order valence-electron chi connectivity index (χ4n) is 2.84. The molecule has 0 aliphatic carbocycles. The number of H-pyrrole nitrogens is 1. The fourth-order valence-corrected chi connectivity index (χ4v) is 3.79. The van der Waals surface area contributed by atoms with Crippen LogP contribution >= 0.6 is 0 Å². The summed E-state index contributed by atoms with van der Waals surface area (Å²) in [6.07, 6.45) is 1.72. The monoisotopic (exact) mass is 348 g/mol. The van der Waals surface area contributed by atoms with Crippen LogP contribution in [0.5, 0.6) is 0 Å². The van der Waals surface area contributed by atoms with Gasteiger partial charge in [0.25, 0.3) is 5.91 Å². The zero-order valence-electron chi connectivity index (χ0n) is 13.4. The van der Waals surface area contributed by atoms with Crippen molar-refractivity contribution in [2.75, 3.05) is 38.1 Å². The molecule has 8 heteroatoms. The normalized spacial score (nSPS) is 15.5. The van der Waals surface area contributed by atoms with E-state index < -0.39 is 10.0 Å². The van der Waals surface area contributed by atoms with Gasteiger partial charge in [-0.25, -0.2) is 13.1 Å². The van der Waals surface area contributed by atoms with Crippen molar-refractivity contribution in [1.82, 2.24) is 14.6 Å². The molecule has 1 fully saturated rings. The first-order valence-electron chi connectivity index (χ1n) is 7.73. The van der Waals surface area contributed by atoms with E-state index in [9.17, 15) is 13.2 Å². The molecule has 0 spiro atoms. The van der Waals surface area contributed by atoms with Crippen LogP contribution in [-0.4, -0.2) is 57.4 Å². The first kappa shape index (κ1) is 16.5. The molecular weight excluding hydrogens is 328 g/mol. The molecule has 0 bridgehead atoms. The fraction of sp³-hybridized carbons (Fsp3) is 0.312. The number of hydrogen-bond acceptors (Lipinski definition) is 4. The number of carbonyl (C=O) groups excluding carboxylic acids is 1. The molecule has 1 aromatic heterocycles. The average Bonchev–Trinajstić information content (AvgIpc) is 3.16. The molecule has 0 saturated carbocycles. The standard InChI is InChI=1S/C16H20N4O3S/c1-17-24(22,23)15-7-3-2-6-14(15)19-9-11-20(12-10-19)16(21)13-5-4-8-18-13/h2-8,17-18H,9-12H2,1H3. The first-order chi connectivity index (χ1) is 11.5. The van der Waals surface area contributed by atoms with Gasteiger partial charge in [0.15, 0.2) is 0 Å². The molecule has 1 aliphatic rings. The lowest BCUT2D eigenvalue weighted by molar-refractivity contribution is 0.0741. The Morgan fingerprint density at radius 2 is 1.79 bits per heavy atom. The third-order valence-corrected chi connectivity index (χ3v) is 5.62. The van der Waals surface area contributed by atoms with Gasteiger partial charge in [-0.05, 0) is 31.3 Å². The SMILES string of the molecule is CNS(=O)(=O)c1ccccc1N1CCN(C(=O)c2ccc[nH]2)CC1. The largest absolute Gasteiger partial charge is 0.367 e. The summed E-state index contributed by atoms with van der Waals surface area (Å²) in [5, 5.41) is 0. The third-order valence-electron chi connectivity index (χ3n) is 4.16. The Morgan fingerprint density at radius 1 is 1.08 bits per heavy atom. The van der Waals surface area contributed by atoms with Crippen LogP contribution in [0.25, 0.3) is 0 Å². The van der Waals surface area contributed by atoms with Crippen LogP contribution in [0.2, 0.25) is 0 Å².